The summed E-state index contributed by atoms with van der Waals surface area (Å²) in [6, 6.07) is 9.65. The topological polar surface area (TPSA) is 36.0 Å². The van der Waals surface area contributed by atoms with Crippen LogP contribution < -0.4 is 0 Å². The minimum Gasteiger partial charge on any atom is -0.497 e. The van der Waals surface area contributed by atoms with Gasteiger partial charge in [0.15, 0.2) is 0 Å². The molecule has 5 nitrogen and oxygen atoms in total. The lowest BCUT2D eigenvalue weighted by Crippen LogP contribution is -2.42. The van der Waals surface area contributed by atoms with Crippen LogP contribution in [0.5, 0.6) is 0 Å². The molecule has 2 heterocycles. The average molecular weight is 436 g/mol. The molecule has 1 aliphatic carbocycles. The Labute approximate surface area is 193 Å². The highest BCUT2D eigenvalue weighted by atomic mass is 16.5. The Morgan fingerprint density at radius 3 is 2.66 bits per heavy atom. The van der Waals surface area contributed by atoms with Gasteiger partial charge in [-0.05, 0) is 67.5 Å². The van der Waals surface area contributed by atoms with Gasteiger partial charge in [-0.1, -0.05) is 18.2 Å². The number of benzene rings is 1. The lowest BCUT2D eigenvalue weighted by molar-refractivity contribution is 0.0827. The van der Waals surface area contributed by atoms with E-state index in [-0.39, 0.29) is 11.9 Å². The van der Waals surface area contributed by atoms with Gasteiger partial charge in [-0.3, -0.25) is 14.6 Å². The summed E-state index contributed by atoms with van der Waals surface area (Å²) in [6.45, 7) is 7.15. The third-order valence-electron chi connectivity index (χ3n) is 7.18. The van der Waals surface area contributed by atoms with Crippen LogP contribution in [-0.2, 0) is 4.74 Å². The number of carbonyl (C=O) groups excluding carboxylic acids is 1. The number of hydrogen-bond acceptors (Lipinski definition) is 4. The van der Waals surface area contributed by atoms with E-state index in [2.05, 4.69) is 40.7 Å². The standard InChI is InChI=1S/C27H37N3O2/c1-5-16-29-17-15-23-13-14-24(19-29)30(23)26(22-7-6-8-25(18-22)32-4)20-9-11-21(12-10-20)27(31)28(2)3/h5,8-12,18,23-24,26H,1,6-7,13-17,19H2,2-4H3. The minimum atomic E-state index is 0.0458. The second-order valence-corrected chi connectivity index (χ2v) is 9.46. The number of allylic oxidation sites excluding steroid dienone is 2. The summed E-state index contributed by atoms with van der Waals surface area (Å²) in [5.41, 5.74) is 3.44. The van der Waals surface area contributed by atoms with Crippen molar-refractivity contribution in [2.75, 3.05) is 40.8 Å². The van der Waals surface area contributed by atoms with E-state index in [9.17, 15) is 4.79 Å². The summed E-state index contributed by atoms with van der Waals surface area (Å²) in [4.78, 5) is 19.4. The molecule has 2 fully saturated rings. The fourth-order valence-electron chi connectivity index (χ4n) is 5.65. The monoisotopic (exact) mass is 435 g/mol. The van der Waals surface area contributed by atoms with Gasteiger partial charge in [-0.25, -0.2) is 0 Å². The summed E-state index contributed by atoms with van der Waals surface area (Å²) >= 11 is 0. The Hall–Kier alpha value is -2.37. The molecule has 2 aliphatic heterocycles. The SMILES string of the molecule is C=CCN1CCC2CCC(C1)N2C(C1=CC(OC)=CCC1)c1ccc(C(=O)N(C)C)cc1. The van der Waals surface area contributed by atoms with Gasteiger partial charge in [0.05, 0.1) is 13.2 Å². The van der Waals surface area contributed by atoms with Crippen LogP contribution in [0.1, 0.15) is 54.1 Å². The van der Waals surface area contributed by atoms with E-state index in [1.165, 1.54) is 30.4 Å². The highest BCUT2D eigenvalue weighted by Gasteiger charge is 2.42. The Balaban J connectivity index is 1.70. The lowest BCUT2D eigenvalue weighted by atomic mass is 9.89. The van der Waals surface area contributed by atoms with Crippen LogP contribution in [0.4, 0.5) is 0 Å². The van der Waals surface area contributed by atoms with Gasteiger partial charge in [0.1, 0.15) is 5.76 Å². The van der Waals surface area contributed by atoms with Gasteiger partial charge in [0.2, 0.25) is 0 Å². The highest BCUT2D eigenvalue weighted by molar-refractivity contribution is 5.93. The van der Waals surface area contributed by atoms with Crippen LogP contribution in [-0.4, -0.2) is 73.5 Å². The molecule has 2 saturated heterocycles. The molecular formula is C27H37N3O2. The van der Waals surface area contributed by atoms with Gasteiger partial charge < -0.3 is 9.64 Å². The number of ether oxygens (including phenoxy) is 1. The number of hydrogen-bond donors (Lipinski definition) is 0. The minimum absolute atomic E-state index is 0.0458. The second kappa shape index (κ2) is 10.1. The fourth-order valence-corrected chi connectivity index (χ4v) is 5.65. The Morgan fingerprint density at radius 2 is 1.97 bits per heavy atom. The smallest absolute Gasteiger partial charge is 0.253 e. The van der Waals surface area contributed by atoms with Gasteiger partial charge >= 0.3 is 0 Å². The van der Waals surface area contributed by atoms with Gasteiger partial charge in [0.25, 0.3) is 5.91 Å². The Morgan fingerprint density at radius 1 is 1.22 bits per heavy atom. The maximum Gasteiger partial charge on any atom is 0.253 e. The fraction of sp³-hybridized carbons (Fsp3) is 0.519. The molecule has 3 unspecified atom stereocenters. The number of methoxy groups -OCH3 is 1. The highest BCUT2D eigenvalue weighted by Crippen LogP contribution is 2.43. The first-order valence-corrected chi connectivity index (χ1v) is 11.9. The van der Waals surface area contributed by atoms with Crippen molar-refractivity contribution in [1.82, 2.24) is 14.7 Å². The molecule has 0 N–H and O–H groups in total. The van der Waals surface area contributed by atoms with Crippen LogP contribution in [0.3, 0.4) is 0 Å². The van der Waals surface area contributed by atoms with E-state index < -0.39 is 0 Å². The van der Waals surface area contributed by atoms with Gasteiger partial charge in [-0.2, -0.15) is 0 Å². The van der Waals surface area contributed by atoms with Crippen molar-refractivity contribution in [2.24, 2.45) is 0 Å². The average Bonchev–Trinajstić information content (AvgIpc) is 3.10. The van der Waals surface area contributed by atoms with Crippen molar-refractivity contribution >= 4 is 5.91 Å². The van der Waals surface area contributed by atoms with Gasteiger partial charge in [0, 0.05) is 51.4 Å². The maximum atomic E-state index is 12.4. The molecule has 0 radical (unpaired) electrons. The number of carbonyl (C=O) groups is 1. The van der Waals surface area contributed by atoms with E-state index in [4.69, 9.17) is 4.74 Å². The van der Waals surface area contributed by atoms with Crippen LogP contribution in [0.15, 0.2) is 60.4 Å². The van der Waals surface area contributed by atoms with Crippen molar-refractivity contribution in [3.05, 3.63) is 71.5 Å². The molecule has 172 valence electrons. The molecule has 1 aromatic rings. The lowest BCUT2D eigenvalue weighted by Gasteiger charge is -2.39. The number of likely N-dealkylation sites (tertiary alicyclic amines) is 1. The van der Waals surface area contributed by atoms with Crippen molar-refractivity contribution in [3.8, 4) is 0 Å². The predicted molar refractivity (Wildman–Crippen MR) is 130 cm³/mol. The largest absolute Gasteiger partial charge is 0.497 e. The molecule has 4 rings (SSSR count). The Kier molecular flexibility index (Phi) is 7.17. The third kappa shape index (κ3) is 4.69. The van der Waals surface area contributed by atoms with Crippen molar-refractivity contribution in [3.63, 3.8) is 0 Å². The third-order valence-corrected chi connectivity index (χ3v) is 7.18. The van der Waals surface area contributed by atoms with E-state index in [1.54, 1.807) is 26.1 Å². The molecular weight excluding hydrogens is 398 g/mol. The second-order valence-electron chi connectivity index (χ2n) is 9.46. The van der Waals surface area contributed by atoms with Crippen LogP contribution in [0, 0.1) is 0 Å². The summed E-state index contributed by atoms with van der Waals surface area (Å²) < 4.78 is 5.61. The molecule has 1 amide bonds. The normalized spacial score (nSPS) is 24.8. The molecule has 3 atom stereocenters. The predicted octanol–water partition coefficient (Wildman–Crippen LogP) is 4.40. The van der Waals surface area contributed by atoms with E-state index in [0.717, 1.165) is 43.8 Å². The van der Waals surface area contributed by atoms with Crippen LogP contribution >= 0.6 is 0 Å². The summed E-state index contributed by atoms with van der Waals surface area (Å²) in [5, 5.41) is 0. The van der Waals surface area contributed by atoms with E-state index in [0.29, 0.717) is 12.1 Å². The van der Waals surface area contributed by atoms with Crippen molar-refractivity contribution in [1.29, 1.82) is 0 Å². The molecule has 0 spiro atoms. The molecule has 3 aliphatic rings. The molecule has 32 heavy (non-hydrogen) atoms. The molecule has 0 aromatic heterocycles. The quantitative estimate of drug-likeness (QED) is 0.595. The number of fused-ring (bicyclic) bond motifs is 2. The zero-order valence-corrected chi connectivity index (χ0v) is 19.8. The zero-order valence-electron chi connectivity index (χ0n) is 19.8. The zero-order chi connectivity index (χ0) is 22.7. The molecule has 0 saturated carbocycles. The number of rotatable bonds is 7. The van der Waals surface area contributed by atoms with Crippen molar-refractivity contribution in [2.45, 2.75) is 50.2 Å². The van der Waals surface area contributed by atoms with Crippen LogP contribution in [0.25, 0.3) is 0 Å². The molecule has 2 bridgehead atoms. The molecule has 5 heteroatoms. The van der Waals surface area contributed by atoms with E-state index in [1.807, 2.05) is 18.2 Å². The number of amides is 1. The number of nitrogens with zero attached hydrogens (tertiary/aromatic N) is 3. The molecule has 1 aromatic carbocycles. The summed E-state index contributed by atoms with van der Waals surface area (Å²) in [6.07, 6.45) is 12.2. The first kappa shape index (κ1) is 22.8. The Bertz CT molecular complexity index is 887. The first-order valence-electron chi connectivity index (χ1n) is 11.9. The van der Waals surface area contributed by atoms with Crippen molar-refractivity contribution < 1.29 is 9.53 Å². The van der Waals surface area contributed by atoms with E-state index >= 15 is 0 Å². The maximum absolute atomic E-state index is 12.4. The summed E-state index contributed by atoms with van der Waals surface area (Å²) in [5.74, 6) is 1.01. The van der Waals surface area contributed by atoms with Gasteiger partial charge in [-0.15, -0.1) is 6.58 Å². The summed E-state index contributed by atoms with van der Waals surface area (Å²) in [7, 11) is 5.35. The van der Waals surface area contributed by atoms with Crippen LogP contribution in [0.2, 0.25) is 0 Å². The first-order chi connectivity index (χ1) is 15.5.